The molecule has 0 bridgehead atoms. The van der Waals surface area contributed by atoms with Gasteiger partial charge >= 0.3 is 0 Å². The van der Waals surface area contributed by atoms with E-state index in [1.807, 2.05) is 13.8 Å². The fourth-order valence-corrected chi connectivity index (χ4v) is 3.39. The van der Waals surface area contributed by atoms with Crippen molar-refractivity contribution in [2.45, 2.75) is 38.3 Å². The summed E-state index contributed by atoms with van der Waals surface area (Å²) in [5.74, 6) is -0.857. The van der Waals surface area contributed by atoms with Crippen LogP contribution in [0.5, 0.6) is 0 Å². The highest BCUT2D eigenvalue weighted by molar-refractivity contribution is 7.89. The van der Waals surface area contributed by atoms with Crippen LogP contribution < -0.4 is 4.72 Å². The molecule has 0 saturated heterocycles. The van der Waals surface area contributed by atoms with E-state index in [4.69, 9.17) is 5.11 Å². The zero-order valence-electron chi connectivity index (χ0n) is 12.6. The van der Waals surface area contributed by atoms with Gasteiger partial charge in [0.25, 0.3) is 0 Å². The van der Waals surface area contributed by atoms with E-state index in [1.54, 1.807) is 6.92 Å². The average Bonchev–Trinajstić information content (AvgIpc) is 2.43. The molecule has 0 fully saturated rings. The lowest BCUT2D eigenvalue weighted by Gasteiger charge is -2.23. The van der Waals surface area contributed by atoms with Crippen LogP contribution in [0.2, 0.25) is 0 Å². The molecule has 1 unspecified atom stereocenters. The Hall–Kier alpha value is -1.02. The maximum absolute atomic E-state index is 13.8. The molecular weight excluding hydrogens is 295 g/mol. The molecule has 1 aromatic rings. The van der Waals surface area contributed by atoms with Crippen LogP contribution >= 0.6 is 0 Å². The van der Waals surface area contributed by atoms with Gasteiger partial charge in [0.15, 0.2) is 0 Å². The SMILES string of the molecule is CCN(CC)CC(C)NS(=O)(=O)c1ccc(CO)cc1F. The molecule has 21 heavy (non-hydrogen) atoms. The van der Waals surface area contributed by atoms with Crippen LogP contribution in [0.4, 0.5) is 4.39 Å². The molecule has 7 heteroatoms. The van der Waals surface area contributed by atoms with Gasteiger partial charge in [0, 0.05) is 12.6 Å². The quantitative estimate of drug-likeness (QED) is 0.759. The summed E-state index contributed by atoms with van der Waals surface area (Å²) >= 11 is 0. The van der Waals surface area contributed by atoms with E-state index in [-0.39, 0.29) is 12.6 Å². The topological polar surface area (TPSA) is 69.6 Å². The molecular formula is C14H23FN2O3S. The highest BCUT2D eigenvalue weighted by atomic mass is 32.2. The molecule has 0 spiro atoms. The average molecular weight is 318 g/mol. The van der Waals surface area contributed by atoms with E-state index in [2.05, 4.69) is 9.62 Å². The molecule has 0 heterocycles. The number of halogens is 1. The second kappa shape index (κ2) is 7.84. The molecule has 0 aliphatic heterocycles. The van der Waals surface area contributed by atoms with Gasteiger partial charge in [-0.2, -0.15) is 0 Å². The second-order valence-corrected chi connectivity index (χ2v) is 6.61. The Kier molecular flexibility index (Phi) is 6.73. The van der Waals surface area contributed by atoms with Gasteiger partial charge in [0.2, 0.25) is 10.0 Å². The molecule has 0 saturated carbocycles. The van der Waals surface area contributed by atoms with Crippen molar-refractivity contribution in [2.24, 2.45) is 0 Å². The summed E-state index contributed by atoms with van der Waals surface area (Å²) in [6, 6.07) is 3.27. The predicted molar refractivity (Wildman–Crippen MR) is 79.9 cm³/mol. The van der Waals surface area contributed by atoms with Crippen LogP contribution in [-0.2, 0) is 16.6 Å². The third-order valence-electron chi connectivity index (χ3n) is 3.25. The van der Waals surface area contributed by atoms with E-state index >= 15 is 0 Å². The van der Waals surface area contributed by atoms with Gasteiger partial charge in [-0.3, -0.25) is 0 Å². The number of hydrogen-bond donors (Lipinski definition) is 2. The van der Waals surface area contributed by atoms with Gasteiger partial charge in [0.05, 0.1) is 6.61 Å². The van der Waals surface area contributed by atoms with Crippen molar-refractivity contribution in [3.63, 3.8) is 0 Å². The zero-order valence-corrected chi connectivity index (χ0v) is 13.5. The Bertz CT molecular complexity index is 559. The summed E-state index contributed by atoms with van der Waals surface area (Å²) < 4.78 is 40.7. The summed E-state index contributed by atoms with van der Waals surface area (Å²) in [5.41, 5.74) is 0.336. The smallest absolute Gasteiger partial charge is 0.243 e. The number of sulfonamides is 1. The molecule has 0 amide bonds. The van der Waals surface area contributed by atoms with Gasteiger partial charge in [-0.1, -0.05) is 19.9 Å². The lowest BCUT2D eigenvalue weighted by Crippen LogP contribution is -2.42. The van der Waals surface area contributed by atoms with Crippen LogP contribution in [0.25, 0.3) is 0 Å². The summed E-state index contributed by atoms with van der Waals surface area (Å²) in [6.45, 7) is 7.61. The van der Waals surface area contributed by atoms with Crippen LogP contribution in [-0.4, -0.2) is 44.1 Å². The number of hydrogen-bond acceptors (Lipinski definition) is 4. The first-order chi connectivity index (χ1) is 9.83. The van der Waals surface area contributed by atoms with Crippen molar-refractivity contribution in [1.82, 2.24) is 9.62 Å². The number of benzene rings is 1. The number of likely N-dealkylation sites (N-methyl/N-ethyl adjacent to an activating group) is 1. The van der Waals surface area contributed by atoms with Crippen LogP contribution in [0.1, 0.15) is 26.3 Å². The predicted octanol–water partition coefficient (Wildman–Crippen LogP) is 1.33. The standard InChI is InChI=1S/C14H23FN2O3S/c1-4-17(5-2)9-11(3)16-21(19,20)14-7-6-12(10-18)8-13(14)15/h6-8,11,16,18H,4-5,9-10H2,1-3H3. The highest BCUT2D eigenvalue weighted by Crippen LogP contribution is 2.16. The molecule has 0 radical (unpaired) electrons. The summed E-state index contributed by atoms with van der Waals surface area (Å²) in [7, 11) is -3.91. The molecule has 1 atom stereocenters. The molecule has 0 aromatic heterocycles. The minimum absolute atomic E-state index is 0.327. The fraction of sp³-hybridized carbons (Fsp3) is 0.571. The normalized spacial score (nSPS) is 13.6. The minimum atomic E-state index is -3.91. The van der Waals surface area contributed by atoms with E-state index in [0.717, 1.165) is 19.2 Å². The van der Waals surface area contributed by atoms with Crippen molar-refractivity contribution in [1.29, 1.82) is 0 Å². The van der Waals surface area contributed by atoms with Gasteiger partial charge in [-0.15, -0.1) is 0 Å². The van der Waals surface area contributed by atoms with E-state index in [0.29, 0.717) is 12.1 Å². The number of rotatable bonds is 8. The van der Waals surface area contributed by atoms with Gasteiger partial charge in [-0.25, -0.2) is 17.5 Å². The van der Waals surface area contributed by atoms with Crippen molar-refractivity contribution in [3.8, 4) is 0 Å². The maximum atomic E-state index is 13.8. The number of nitrogens with one attached hydrogen (secondary N) is 1. The largest absolute Gasteiger partial charge is 0.392 e. The second-order valence-electron chi connectivity index (χ2n) is 4.93. The zero-order chi connectivity index (χ0) is 16.0. The first-order valence-corrected chi connectivity index (χ1v) is 8.46. The van der Waals surface area contributed by atoms with Crippen LogP contribution in [0, 0.1) is 5.82 Å². The Morgan fingerprint density at radius 3 is 2.43 bits per heavy atom. The van der Waals surface area contributed by atoms with E-state index < -0.39 is 20.7 Å². The Morgan fingerprint density at radius 1 is 1.33 bits per heavy atom. The molecule has 1 aromatic carbocycles. The van der Waals surface area contributed by atoms with Crippen LogP contribution in [0.15, 0.2) is 23.1 Å². The molecule has 5 nitrogen and oxygen atoms in total. The maximum Gasteiger partial charge on any atom is 0.243 e. The first-order valence-electron chi connectivity index (χ1n) is 6.98. The molecule has 0 aliphatic carbocycles. The number of aliphatic hydroxyl groups is 1. The molecule has 120 valence electrons. The third kappa shape index (κ3) is 5.03. The van der Waals surface area contributed by atoms with Crippen molar-refractivity contribution in [3.05, 3.63) is 29.6 Å². The minimum Gasteiger partial charge on any atom is -0.392 e. The number of nitrogens with zero attached hydrogens (tertiary/aromatic N) is 1. The lowest BCUT2D eigenvalue weighted by molar-refractivity contribution is 0.280. The van der Waals surface area contributed by atoms with Crippen molar-refractivity contribution < 1.29 is 17.9 Å². The molecule has 2 N–H and O–H groups in total. The van der Waals surface area contributed by atoms with Gasteiger partial charge in [0.1, 0.15) is 10.7 Å². The van der Waals surface area contributed by atoms with Gasteiger partial charge in [-0.05, 0) is 37.7 Å². The summed E-state index contributed by atoms with van der Waals surface area (Å²) in [6.07, 6.45) is 0. The van der Waals surface area contributed by atoms with Gasteiger partial charge < -0.3 is 10.0 Å². The summed E-state index contributed by atoms with van der Waals surface area (Å²) in [4.78, 5) is 1.68. The number of aliphatic hydroxyl groups excluding tert-OH is 1. The first kappa shape index (κ1) is 18.0. The summed E-state index contributed by atoms with van der Waals surface area (Å²) in [5, 5.41) is 8.92. The van der Waals surface area contributed by atoms with E-state index in [1.165, 1.54) is 12.1 Å². The molecule has 0 aliphatic rings. The fourth-order valence-electron chi connectivity index (χ4n) is 2.10. The Balaban J connectivity index is 2.86. The van der Waals surface area contributed by atoms with E-state index in [9.17, 15) is 12.8 Å². The van der Waals surface area contributed by atoms with Crippen LogP contribution in [0.3, 0.4) is 0 Å². The Labute approximate surface area is 125 Å². The monoisotopic (exact) mass is 318 g/mol. The lowest BCUT2D eigenvalue weighted by atomic mass is 10.2. The Morgan fingerprint density at radius 2 is 1.95 bits per heavy atom. The highest BCUT2D eigenvalue weighted by Gasteiger charge is 2.22. The van der Waals surface area contributed by atoms with Crippen molar-refractivity contribution in [2.75, 3.05) is 19.6 Å². The molecule has 1 rings (SSSR count). The third-order valence-corrected chi connectivity index (χ3v) is 4.87. The van der Waals surface area contributed by atoms with Crippen molar-refractivity contribution >= 4 is 10.0 Å².